The fraction of sp³-hybridized carbons (Fsp3) is 0.381. The molecule has 180 valence electrons. The molecule has 1 fully saturated rings. The first-order valence-corrected chi connectivity index (χ1v) is 13.3. The topological polar surface area (TPSA) is 137 Å². The molecule has 1 heterocycles. The van der Waals surface area contributed by atoms with Crippen LogP contribution in [-0.2, 0) is 26.4 Å². The quantitative estimate of drug-likeness (QED) is 0.525. The number of ether oxygens (including phenoxy) is 3. The van der Waals surface area contributed by atoms with E-state index in [9.17, 15) is 21.6 Å². The molecule has 0 saturated carbocycles. The molecule has 0 radical (unpaired) electrons. The van der Waals surface area contributed by atoms with E-state index < -0.39 is 31.8 Å². The maximum Gasteiger partial charge on any atom is 0.251 e. The predicted molar refractivity (Wildman–Crippen MR) is 121 cm³/mol. The molecule has 0 spiro atoms. The molecule has 12 heteroatoms. The Hall–Kier alpha value is -2.83. The third kappa shape index (κ3) is 5.95. The highest BCUT2D eigenvalue weighted by Crippen LogP contribution is 2.34. The molecular formula is C21H26N2O8S2. The first-order valence-electron chi connectivity index (χ1n) is 9.98. The monoisotopic (exact) mass is 498 g/mol. The number of carbonyl (C=O) groups is 1. The van der Waals surface area contributed by atoms with E-state index in [1.807, 2.05) is 0 Å². The van der Waals surface area contributed by atoms with Gasteiger partial charge in [0.05, 0.1) is 37.7 Å². The molecule has 2 N–H and O–H groups in total. The number of hydrogen-bond acceptors (Lipinski definition) is 8. The summed E-state index contributed by atoms with van der Waals surface area (Å²) in [5.74, 6) is 0.820. The Balaban J connectivity index is 1.67. The van der Waals surface area contributed by atoms with E-state index in [1.54, 1.807) is 12.1 Å². The van der Waals surface area contributed by atoms with Crippen molar-refractivity contribution in [2.24, 2.45) is 0 Å². The Labute approximate surface area is 193 Å². The van der Waals surface area contributed by atoms with Gasteiger partial charge < -0.3 is 19.5 Å². The maximum atomic E-state index is 12.6. The second-order valence-electron chi connectivity index (χ2n) is 7.45. The summed E-state index contributed by atoms with van der Waals surface area (Å²) < 4.78 is 66.5. The summed E-state index contributed by atoms with van der Waals surface area (Å²) in [4.78, 5) is 12.5. The molecule has 33 heavy (non-hydrogen) atoms. The van der Waals surface area contributed by atoms with Gasteiger partial charge >= 0.3 is 0 Å². The summed E-state index contributed by atoms with van der Waals surface area (Å²) in [6.45, 7) is 0.139. The number of hydrogen-bond donors (Lipinski definition) is 2. The summed E-state index contributed by atoms with van der Waals surface area (Å²) in [5, 5.41) is 2.76. The number of sulfonamides is 1. The Morgan fingerprint density at radius 1 is 1.00 bits per heavy atom. The molecule has 2 aromatic rings. The van der Waals surface area contributed by atoms with Crippen LogP contribution in [0.5, 0.6) is 17.2 Å². The average Bonchev–Trinajstić information content (AvgIpc) is 3.13. The standard InChI is InChI=1S/C21H26N2O8S2/c1-29-18-11-20(31-3)19(30-2)10-15(18)12-22-21(24)14-4-6-17(7-5-14)33(27,28)23-16-8-9-32(25,26)13-16/h4-7,10-11,16,23H,8-9,12-13H2,1-3H3,(H,22,24). The highest BCUT2D eigenvalue weighted by atomic mass is 32.2. The van der Waals surface area contributed by atoms with Crippen molar-refractivity contribution in [2.45, 2.75) is 23.9 Å². The van der Waals surface area contributed by atoms with Gasteiger partial charge in [-0.3, -0.25) is 4.79 Å². The van der Waals surface area contributed by atoms with Crippen molar-refractivity contribution in [1.82, 2.24) is 10.0 Å². The molecule has 0 bridgehead atoms. The third-order valence-electron chi connectivity index (χ3n) is 5.21. The Morgan fingerprint density at radius 2 is 1.61 bits per heavy atom. The largest absolute Gasteiger partial charge is 0.496 e. The molecule has 1 saturated heterocycles. The lowest BCUT2D eigenvalue weighted by atomic mass is 10.1. The van der Waals surface area contributed by atoms with Crippen LogP contribution in [0.4, 0.5) is 0 Å². The lowest BCUT2D eigenvalue weighted by Crippen LogP contribution is -2.35. The van der Waals surface area contributed by atoms with Crippen LogP contribution in [0.15, 0.2) is 41.3 Å². The minimum absolute atomic E-state index is 0.0375. The van der Waals surface area contributed by atoms with Crippen molar-refractivity contribution in [2.75, 3.05) is 32.8 Å². The number of sulfone groups is 1. The second kappa shape index (κ2) is 9.98. The van der Waals surface area contributed by atoms with Crippen LogP contribution in [0, 0.1) is 0 Å². The summed E-state index contributed by atoms with van der Waals surface area (Å²) in [5.41, 5.74) is 0.926. The van der Waals surface area contributed by atoms with Gasteiger partial charge in [-0.15, -0.1) is 0 Å². The van der Waals surface area contributed by atoms with Gasteiger partial charge in [-0.1, -0.05) is 0 Å². The minimum atomic E-state index is -3.90. The molecule has 0 aliphatic carbocycles. The zero-order valence-electron chi connectivity index (χ0n) is 18.5. The van der Waals surface area contributed by atoms with Crippen LogP contribution in [-0.4, -0.2) is 61.6 Å². The number of nitrogens with one attached hydrogen (secondary N) is 2. The number of benzene rings is 2. The van der Waals surface area contributed by atoms with Crippen molar-refractivity contribution in [1.29, 1.82) is 0 Å². The fourth-order valence-electron chi connectivity index (χ4n) is 3.47. The van der Waals surface area contributed by atoms with E-state index >= 15 is 0 Å². The number of methoxy groups -OCH3 is 3. The maximum absolute atomic E-state index is 12.6. The third-order valence-corrected chi connectivity index (χ3v) is 8.51. The molecule has 1 atom stereocenters. The molecular weight excluding hydrogens is 472 g/mol. The van der Waals surface area contributed by atoms with Crippen molar-refractivity contribution in [3.05, 3.63) is 47.5 Å². The molecule has 1 aliphatic heterocycles. The Kier molecular flexibility index (Phi) is 7.50. The summed E-state index contributed by atoms with van der Waals surface area (Å²) >= 11 is 0. The zero-order valence-corrected chi connectivity index (χ0v) is 20.1. The van der Waals surface area contributed by atoms with Gasteiger partial charge in [0.25, 0.3) is 5.91 Å². The SMILES string of the molecule is COc1cc(OC)c(OC)cc1CNC(=O)c1ccc(S(=O)(=O)NC2CCS(=O)(=O)C2)cc1. The van der Waals surface area contributed by atoms with Crippen LogP contribution in [0.1, 0.15) is 22.3 Å². The number of rotatable bonds is 9. The average molecular weight is 499 g/mol. The van der Waals surface area contributed by atoms with E-state index in [1.165, 1.54) is 45.6 Å². The van der Waals surface area contributed by atoms with Gasteiger partial charge in [-0.2, -0.15) is 0 Å². The first kappa shape index (κ1) is 24.8. The summed E-state index contributed by atoms with van der Waals surface area (Å²) in [6.07, 6.45) is 0.238. The van der Waals surface area contributed by atoms with Crippen LogP contribution in [0.3, 0.4) is 0 Å². The van der Waals surface area contributed by atoms with Crippen LogP contribution < -0.4 is 24.2 Å². The Bertz CT molecular complexity index is 1230. The normalized spacial score (nSPS) is 17.4. The lowest BCUT2D eigenvalue weighted by Gasteiger charge is -2.15. The van der Waals surface area contributed by atoms with Gasteiger partial charge in [0.1, 0.15) is 5.75 Å². The molecule has 0 aromatic heterocycles. The molecule has 3 rings (SSSR count). The zero-order chi connectivity index (χ0) is 24.2. The highest BCUT2D eigenvalue weighted by Gasteiger charge is 2.31. The fourth-order valence-corrected chi connectivity index (χ4v) is 6.52. The molecule has 1 aliphatic rings. The summed E-state index contributed by atoms with van der Waals surface area (Å²) in [7, 11) is -2.61. The number of carbonyl (C=O) groups excluding carboxylic acids is 1. The van der Waals surface area contributed by atoms with Gasteiger partial charge in [0, 0.05) is 29.8 Å². The number of amides is 1. The molecule has 1 amide bonds. The van der Waals surface area contributed by atoms with Gasteiger partial charge in [0.2, 0.25) is 10.0 Å². The van der Waals surface area contributed by atoms with E-state index in [0.717, 1.165) is 0 Å². The van der Waals surface area contributed by atoms with E-state index in [4.69, 9.17) is 14.2 Å². The van der Waals surface area contributed by atoms with Crippen molar-refractivity contribution in [3.63, 3.8) is 0 Å². The molecule has 1 unspecified atom stereocenters. The van der Waals surface area contributed by atoms with E-state index in [-0.39, 0.29) is 34.9 Å². The van der Waals surface area contributed by atoms with Gasteiger partial charge in [0.15, 0.2) is 21.3 Å². The predicted octanol–water partition coefficient (Wildman–Crippen LogP) is 1.11. The van der Waals surface area contributed by atoms with Crippen LogP contribution >= 0.6 is 0 Å². The van der Waals surface area contributed by atoms with Crippen molar-refractivity contribution < 1.29 is 35.8 Å². The van der Waals surface area contributed by atoms with Crippen LogP contribution in [0.2, 0.25) is 0 Å². The molecule has 2 aromatic carbocycles. The van der Waals surface area contributed by atoms with Gasteiger partial charge in [-0.25, -0.2) is 21.6 Å². The lowest BCUT2D eigenvalue weighted by molar-refractivity contribution is 0.0950. The van der Waals surface area contributed by atoms with Crippen molar-refractivity contribution >= 4 is 25.8 Å². The first-order chi connectivity index (χ1) is 15.6. The minimum Gasteiger partial charge on any atom is -0.496 e. The van der Waals surface area contributed by atoms with E-state index in [0.29, 0.717) is 22.8 Å². The van der Waals surface area contributed by atoms with Gasteiger partial charge in [-0.05, 0) is 36.8 Å². The molecule has 10 nitrogen and oxygen atoms in total. The summed E-state index contributed by atoms with van der Waals surface area (Å²) in [6, 6.07) is 8.09. The van der Waals surface area contributed by atoms with Crippen molar-refractivity contribution in [3.8, 4) is 17.2 Å². The second-order valence-corrected chi connectivity index (χ2v) is 11.4. The van der Waals surface area contributed by atoms with Crippen LogP contribution in [0.25, 0.3) is 0 Å². The Morgan fingerprint density at radius 3 is 2.15 bits per heavy atom. The van der Waals surface area contributed by atoms with E-state index in [2.05, 4.69) is 10.0 Å². The highest BCUT2D eigenvalue weighted by molar-refractivity contribution is 7.92. The smallest absolute Gasteiger partial charge is 0.251 e.